The highest BCUT2D eigenvalue weighted by Crippen LogP contribution is 2.20. The molecule has 1 saturated heterocycles. The van der Waals surface area contributed by atoms with Gasteiger partial charge in [0.1, 0.15) is 6.23 Å². The van der Waals surface area contributed by atoms with E-state index in [1.165, 1.54) is 6.42 Å². The van der Waals surface area contributed by atoms with Gasteiger partial charge in [0.25, 0.3) is 5.56 Å². The van der Waals surface area contributed by atoms with Gasteiger partial charge in [0.05, 0.1) is 0 Å². The van der Waals surface area contributed by atoms with E-state index >= 15 is 0 Å². The molecule has 0 saturated carbocycles. The molecule has 14 heavy (non-hydrogen) atoms. The summed E-state index contributed by atoms with van der Waals surface area (Å²) in [5.74, 6) is 0. The molecular weight excluding hydrogens is 180 g/mol. The van der Waals surface area contributed by atoms with Gasteiger partial charge in [0.2, 0.25) is 0 Å². The van der Waals surface area contributed by atoms with Crippen molar-refractivity contribution in [3.05, 3.63) is 22.1 Å². The highest BCUT2D eigenvalue weighted by Gasteiger charge is 2.16. The number of ether oxygens (including phenoxy) is 1. The molecule has 1 fully saturated rings. The molecule has 78 valence electrons. The molecule has 0 bridgehead atoms. The first kappa shape index (κ1) is 9.52. The highest BCUT2D eigenvalue weighted by atomic mass is 16.5. The Balaban J connectivity index is 2.18. The number of hydrogen-bond acceptors (Lipinski definition) is 2. The summed E-state index contributed by atoms with van der Waals surface area (Å²) >= 11 is 0. The molecule has 1 unspecified atom stereocenters. The summed E-state index contributed by atoms with van der Waals surface area (Å²) in [4.78, 5) is 11.4. The third-order valence-corrected chi connectivity index (χ3v) is 2.66. The van der Waals surface area contributed by atoms with Gasteiger partial charge in [0, 0.05) is 18.4 Å². The number of nitrogens with zero attached hydrogens (tertiary/aromatic N) is 1. The predicted octanol–water partition coefficient (Wildman–Crippen LogP) is 1.44. The van der Waals surface area contributed by atoms with Crippen LogP contribution >= 0.6 is 0 Å². The lowest BCUT2D eigenvalue weighted by molar-refractivity contribution is -0.0397. The summed E-state index contributed by atoms with van der Waals surface area (Å²) in [5.41, 5.74) is 0.848. The van der Waals surface area contributed by atoms with Crippen molar-refractivity contribution in [1.82, 2.24) is 9.78 Å². The Labute approximate surface area is 82.9 Å². The average molecular weight is 196 g/mol. The van der Waals surface area contributed by atoms with Gasteiger partial charge in [-0.15, -0.1) is 0 Å². The number of hydrogen-bond donors (Lipinski definition) is 1. The van der Waals surface area contributed by atoms with E-state index < -0.39 is 0 Å². The van der Waals surface area contributed by atoms with E-state index in [1.54, 1.807) is 4.68 Å². The maximum Gasteiger partial charge on any atom is 0.267 e. The van der Waals surface area contributed by atoms with Gasteiger partial charge in [-0.05, 0) is 25.7 Å². The van der Waals surface area contributed by atoms with Crippen LogP contribution in [0.5, 0.6) is 0 Å². The van der Waals surface area contributed by atoms with Crippen LogP contribution in [-0.2, 0) is 11.2 Å². The maximum absolute atomic E-state index is 11.4. The van der Waals surface area contributed by atoms with Gasteiger partial charge >= 0.3 is 0 Å². The molecule has 2 heterocycles. The first-order valence-corrected chi connectivity index (χ1v) is 5.23. The van der Waals surface area contributed by atoms with Crippen LogP contribution in [0.2, 0.25) is 0 Å². The van der Waals surface area contributed by atoms with Crippen LogP contribution in [0.15, 0.2) is 11.0 Å². The molecule has 0 aromatic carbocycles. The minimum absolute atomic E-state index is 0.0154. The molecule has 1 aromatic rings. The molecule has 2 rings (SSSR count). The molecule has 0 amide bonds. The van der Waals surface area contributed by atoms with E-state index in [0.717, 1.165) is 31.4 Å². The first-order valence-electron chi connectivity index (χ1n) is 5.23. The summed E-state index contributed by atoms with van der Waals surface area (Å²) in [6.45, 7) is 2.78. The molecule has 1 N–H and O–H groups in total. The fourth-order valence-electron chi connectivity index (χ4n) is 1.80. The molecular formula is C10H16N2O2. The lowest BCUT2D eigenvalue weighted by atomic mass is 10.2. The second-order valence-electron chi connectivity index (χ2n) is 3.68. The monoisotopic (exact) mass is 196 g/mol. The van der Waals surface area contributed by atoms with Gasteiger partial charge in [-0.3, -0.25) is 14.6 Å². The number of aromatic amines is 1. The second-order valence-corrected chi connectivity index (χ2v) is 3.68. The molecule has 0 radical (unpaired) electrons. The van der Waals surface area contributed by atoms with Crippen LogP contribution in [0.25, 0.3) is 0 Å². The first-order chi connectivity index (χ1) is 6.81. The van der Waals surface area contributed by atoms with Crippen molar-refractivity contribution in [1.29, 1.82) is 0 Å². The smallest absolute Gasteiger partial charge is 0.267 e. The van der Waals surface area contributed by atoms with Crippen molar-refractivity contribution in [2.24, 2.45) is 0 Å². The van der Waals surface area contributed by atoms with Crippen molar-refractivity contribution in [3.8, 4) is 0 Å². The fraction of sp³-hybridized carbons (Fsp3) is 0.700. The van der Waals surface area contributed by atoms with Crippen LogP contribution in [-0.4, -0.2) is 16.4 Å². The maximum atomic E-state index is 11.4. The standard InChI is InChI=1S/C10H16N2O2/c1-2-8-7-12(11-10(8)13)9-5-3-4-6-14-9/h7,9H,2-6H2,1H3,(H,11,13). The molecule has 1 aromatic heterocycles. The van der Waals surface area contributed by atoms with E-state index in [2.05, 4.69) is 5.10 Å². The molecule has 0 spiro atoms. The zero-order valence-corrected chi connectivity index (χ0v) is 8.45. The Kier molecular flexibility index (Phi) is 2.72. The fourth-order valence-corrected chi connectivity index (χ4v) is 1.80. The number of aromatic nitrogens is 2. The summed E-state index contributed by atoms with van der Waals surface area (Å²) in [6.07, 6.45) is 5.98. The summed E-state index contributed by atoms with van der Waals surface area (Å²) < 4.78 is 7.38. The number of H-pyrrole nitrogens is 1. The zero-order valence-electron chi connectivity index (χ0n) is 8.45. The molecule has 1 aliphatic rings. The summed E-state index contributed by atoms with van der Waals surface area (Å²) in [7, 11) is 0. The van der Waals surface area contributed by atoms with Crippen LogP contribution in [0.3, 0.4) is 0 Å². The largest absolute Gasteiger partial charge is 0.357 e. The molecule has 4 nitrogen and oxygen atoms in total. The van der Waals surface area contributed by atoms with E-state index in [9.17, 15) is 4.79 Å². The van der Waals surface area contributed by atoms with Crippen LogP contribution < -0.4 is 5.56 Å². The number of rotatable bonds is 2. The second kappa shape index (κ2) is 4.00. The Hall–Kier alpha value is -1.03. The SMILES string of the molecule is CCc1cn(C2CCCCO2)[nH]c1=O. The van der Waals surface area contributed by atoms with E-state index in [1.807, 2.05) is 13.1 Å². The van der Waals surface area contributed by atoms with Gasteiger partial charge in [0.15, 0.2) is 0 Å². The van der Waals surface area contributed by atoms with Gasteiger partial charge in [-0.25, -0.2) is 0 Å². The molecule has 0 aliphatic carbocycles. The average Bonchev–Trinajstić information content (AvgIpc) is 2.61. The van der Waals surface area contributed by atoms with Crippen LogP contribution in [0, 0.1) is 0 Å². The molecule has 4 heteroatoms. The number of aryl methyl sites for hydroxylation is 1. The Bertz CT molecular complexity index is 347. The van der Waals surface area contributed by atoms with Gasteiger partial charge in [-0.1, -0.05) is 6.92 Å². The van der Waals surface area contributed by atoms with Crippen molar-refractivity contribution in [2.45, 2.75) is 38.8 Å². The quantitative estimate of drug-likeness (QED) is 0.778. The highest BCUT2D eigenvalue weighted by molar-refractivity contribution is 5.04. The zero-order chi connectivity index (χ0) is 9.97. The Morgan fingerprint density at radius 3 is 3.07 bits per heavy atom. The lowest BCUT2D eigenvalue weighted by Gasteiger charge is -2.23. The molecule has 1 aliphatic heterocycles. The topological polar surface area (TPSA) is 47.0 Å². The van der Waals surface area contributed by atoms with Crippen LogP contribution in [0.1, 0.15) is 38.0 Å². The lowest BCUT2D eigenvalue weighted by Crippen LogP contribution is -2.20. The normalized spacial score (nSPS) is 22.5. The minimum atomic E-state index is 0.0154. The Morgan fingerprint density at radius 2 is 2.50 bits per heavy atom. The minimum Gasteiger partial charge on any atom is -0.357 e. The van der Waals surface area contributed by atoms with Crippen molar-refractivity contribution in [2.75, 3.05) is 6.61 Å². The summed E-state index contributed by atoms with van der Waals surface area (Å²) in [6, 6.07) is 0. The van der Waals surface area contributed by atoms with Crippen LogP contribution in [0.4, 0.5) is 0 Å². The van der Waals surface area contributed by atoms with E-state index in [4.69, 9.17) is 4.74 Å². The van der Waals surface area contributed by atoms with Gasteiger partial charge in [-0.2, -0.15) is 0 Å². The van der Waals surface area contributed by atoms with Crippen molar-refractivity contribution in [3.63, 3.8) is 0 Å². The third-order valence-electron chi connectivity index (χ3n) is 2.66. The predicted molar refractivity (Wildman–Crippen MR) is 53.3 cm³/mol. The third kappa shape index (κ3) is 1.75. The Morgan fingerprint density at radius 1 is 1.64 bits per heavy atom. The molecule has 1 atom stereocenters. The van der Waals surface area contributed by atoms with Crippen molar-refractivity contribution >= 4 is 0 Å². The van der Waals surface area contributed by atoms with Crippen molar-refractivity contribution < 1.29 is 4.74 Å². The van der Waals surface area contributed by atoms with E-state index in [0.29, 0.717) is 0 Å². The number of nitrogens with one attached hydrogen (secondary N) is 1. The van der Waals surface area contributed by atoms with Gasteiger partial charge < -0.3 is 4.74 Å². The van der Waals surface area contributed by atoms with E-state index in [-0.39, 0.29) is 11.8 Å². The summed E-state index contributed by atoms with van der Waals surface area (Å²) in [5, 5.41) is 2.80.